The molecule has 0 fully saturated rings. The van der Waals surface area contributed by atoms with Crippen LogP contribution in [-0.4, -0.2) is 11.9 Å². The highest BCUT2D eigenvalue weighted by Gasteiger charge is 2.11. The van der Waals surface area contributed by atoms with E-state index in [0.717, 1.165) is 0 Å². The van der Waals surface area contributed by atoms with Crippen LogP contribution in [0.1, 0.15) is 13.8 Å². The van der Waals surface area contributed by atoms with Crippen LogP contribution in [0.15, 0.2) is 57.9 Å². The zero-order valence-electron chi connectivity index (χ0n) is 14.0. The molecule has 0 aliphatic rings. The van der Waals surface area contributed by atoms with E-state index in [2.05, 4.69) is 0 Å². The second-order valence-electron chi connectivity index (χ2n) is 5.35. The van der Waals surface area contributed by atoms with Gasteiger partial charge in [0.25, 0.3) is 0 Å². The monoisotopic (exact) mass is 354 g/mol. The van der Waals surface area contributed by atoms with Gasteiger partial charge in [0.1, 0.15) is 29.1 Å². The molecule has 1 aromatic heterocycles. The molecule has 0 atom stereocenters. The van der Waals surface area contributed by atoms with E-state index in [9.17, 15) is 14.4 Å². The molecule has 0 amide bonds. The van der Waals surface area contributed by atoms with Crippen molar-refractivity contribution < 1.29 is 28.2 Å². The van der Waals surface area contributed by atoms with Gasteiger partial charge in [0.15, 0.2) is 0 Å². The molecular formula is C19H14O7. The fourth-order valence-corrected chi connectivity index (χ4v) is 2.26. The summed E-state index contributed by atoms with van der Waals surface area (Å²) < 4.78 is 20.8. The van der Waals surface area contributed by atoms with Crippen molar-refractivity contribution in [2.75, 3.05) is 0 Å². The van der Waals surface area contributed by atoms with Gasteiger partial charge in [-0.05, 0) is 36.4 Å². The predicted octanol–water partition coefficient (Wildman–Crippen LogP) is 3.44. The number of hydrogen-bond donors (Lipinski definition) is 0. The van der Waals surface area contributed by atoms with Crippen LogP contribution in [0, 0.1) is 0 Å². The quantitative estimate of drug-likeness (QED) is 0.523. The van der Waals surface area contributed by atoms with Crippen LogP contribution in [0.5, 0.6) is 23.0 Å². The van der Waals surface area contributed by atoms with Gasteiger partial charge in [0, 0.05) is 19.9 Å². The zero-order valence-corrected chi connectivity index (χ0v) is 14.0. The molecule has 3 aromatic rings. The SMILES string of the molecule is CC(=O)Oc1ccc(Oc2coc3cc(OC(C)=O)ccc3c2=O)cc1. The van der Waals surface area contributed by atoms with Crippen molar-refractivity contribution in [3.8, 4) is 23.0 Å². The van der Waals surface area contributed by atoms with Crippen LogP contribution in [0.3, 0.4) is 0 Å². The number of rotatable bonds is 4. The summed E-state index contributed by atoms with van der Waals surface area (Å²) in [7, 11) is 0. The average molecular weight is 354 g/mol. The lowest BCUT2D eigenvalue weighted by atomic mass is 10.2. The van der Waals surface area contributed by atoms with Gasteiger partial charge in [-0.15, -0.1) is 0 Å². The number of fused-ring (bicyclic) bond motifs is 1. The van der Waals surface area contributed by atoms with Crippen LogP contribution in [-0.2, 0) is 9.59 Å². The van der Waals surface area contributed by atoms with Crippen LogP contribution in [0.4, 0.5) is 0 Å². The smallest absolute Gasteiger partial charge is 0.308 e. The molecule has 3 rings (SSSR count). The first-order valence-corrected chi connectivity index (χ1v) is 7.63. The van der Waals surface area contributed by atoms with Crippen molar-refractivity contribution in [1.29, 1.82) is 0 Å². The summed E-state index contributed by atoms with van der Waals surface area (Å²) in [6, 6.07) is 10.7. The summed E-state index contributed by atoms with van der Waals surface area (Å²) >= 11 is 0. The molecule has 0 unspecified atom stereocenters. The molecule has 7 heteroatoms. The Morgan fingerprint density at radius 3 is 2.08 bits per heavy atom. The minimum atomic E-state index is -0.469. The van der Waals surface area contributed by atoms with Crippen molar-refractivity contribution in [3.05, 3.63) is 59.0 Å². The number of ether oxygens (including phenoxy) is 3. The van der Waals surface area contributed by atoms with E-state index >= 15 is 0 Å². The Bertz CT molecular complexity index is 1030. The molecule has 0 bridgehead atoms. The van der Waals surface area contributed by atoms with Crippen LogP contribution in [0.25, 0.3) is 11.0 Å². The standard InChI is InChI=1S/C19H14O7/c1-11(20)24-13-3-5-14(6-4-13)26-18-10-23-17-9-15(25-12(2)21)7-8-16(17)19(18)22/h3-10H,1-2H3. The van der Waals surface area contributed by atoms with Gasteiger partial charge in [0.05, 0.1) is 5.39 Å². The highest BCUT2D eigenvalue weighted by atomic mass is 16.5. The number of esters is 2. The molecule has 0 spiro atoms. The van der Waals surface area contributed by atoms with Gasteiger partial charge < -0.3 is 18.6 Å². The van der Waals surface area contributed by atoms with Crippen molar-refractivity contribution in [3.63, 3.8) is 0 Å². The highest BCUT2D eigenvalue weighted by molar-refractivity contribution is 5.80. The Hall–Kier alpha value is -3.61. The molecule has 0 N–H and O–H groups in total. The normalized spacial score (nSPS) is 10.4. The van der Waals surface area contributed by atoms with Gasteiger partial charge in [0.2, 0.25) is 11.2 Å². The van der Waals surface area contributed by atoms with Gasteiger partial charge in [-0.1, -0.05) is 0 Å². The van der Waals surface area contributed by atoms with Crippen LogP contribution < -0.4 is 19.6 Å². The Kier molecular flexibility index (Phi) is 4.70. The lowest BCUT2D eigenvalue weighted by Gasteiger charge is -2.07. The lowest BCUT2D eigenvalue weighted by molar-refractivity contribution is -0.132. The molecule has 0 aliphatic heterocycles. The third-order valence-electron chi connectivity index (χ3n) is 3.29. The first-order chi connectivity index (χ1) is 12.4. The lowest BCUT2D eigenvalue weighted by Crippen LogP contribution is -2.06. The van der Waals surface area contributed by atoms with E-state index in [1.165, 1.54) is 38.3 Å². The topological polar surface area (TPSA) is 92.0 Å². The number of hydrogen-bond acceptors (Lipinski definition) is 7. The van der Waals surface area contributed by atoms with Crippen molar-refractivity contribution in [2.24, 2.45) is 0 Å². The van der Waals surface area contributed by atoms with E-state index < -0.39 is 11.9 Å². The Balaban J connectivity index is 1.86. The largest absolute Gasteiger partial charge is 0.460 e. The molecule has 0 saturated heterocycles. The first kappa shape index (κ1) is 17.2. The maximum atomic E-state index is 12.5. The van der Waals surface area contributed by atoms with E-state index in [0.29, 0.717) is 11.5 Å². The summed E-state index contributed by atoms with van der Waals surface area (Å²) in [5.41, 5.74) is -0.101. The Morgan fingerprint density at radius 1 is 0.846 bits per heavy atom. The van der Waals surface area contributed by atoms with Gasteiger partial charge in [-0.2, -0.15) is 0 Å². The van der Waals surface area contributed by atoms with E-state index in [1.54, 1.807) is 24.3 Å². The third-order valence-corrected chi connectivity index (χ3v) is 3.29. The second kappa shape index (κ2) is 7.10. The van der Waals surface area contributed by atoms with Crippen molar-refractivity contribution in [1.82, 2.24) is 0 Å². The maximum absolute atomic E-state index is 12.5. The highest BCUT2D eigenvalue weighted by Crippen LogP contribution is 2.25. The molecule has 132 valence electrons. The van der Waals surface area contributed by atoms with Crippen molar-refractivity contribution >= 4 is 22.9 Å². The van der Waals surface area contributed by atoms with E-state index in [1.807, 2.05) is 0 Å². The molecule has 26 heavy (non-hydrogen) atoms. The molecule has 0 radical (unpaired) electrons. The fraction of sp³-hybridized carbons (Fsp3) is 0.105. The van der Waals surface area contributed by atoms with Crippen LogP contribution in [0.2, 0.25) is 0 Å². The Labute approximate surface area is 147 Å². The Morgan fingerprint density at radius 2 is 1.42 bits per heavy atom. The van der Waals surface area contributed by atoms with Crippen molar-refractivity contribution in [2.45, 2.75) is 13.8 Å². The molecule has 7 nitrogen and oxygen atoms in total. The summed E-state index contributed by atoms with van der Waals surface area (Å²) in [5, 5.41) is 0.287. The number of benzene rings is 2. The second-order valence-corrected chi connectivity index (χ2v) is 5.35. The minimum absolute atomic E-state index is 0.00188. The molecular weight excluding hydrogens is 340 g/mol. The van der Waals surface area contributed by atoms with Crippen LogP contribution >= 0.6 is 0 Å². The van der Waals surface area contributed by atoms with E-state index in [4.69, 9.17) is 18.6 Å². The van der Waals surface area contributed by atoms with Gasteiger partial charge >= 0.3 is 11.9 Å². The summed E-state index contributed by atoms with van der Waals surface area (Å²) in [4.78, 5) is 34.4. The van der Waals surface area contributed by atoms with E-state index in [-0.39, 0.29) is 27.9 Å². The molecule has 2 aromatic carbocycles. The maximum Gasteiger partial charge on any atom is 0.308 e. The summed E-state index contributed by atoms with van der Waals surface area (Å²) in [6.45, 7) is 2.58. The molecule has 0 aliphatic carbocycles. The predicted molar refractivity (Wildman–Crippen MR) is 91.6 cm³/mol. The fourth-order valence-electron chi connectivity index (χ4n) is 2.26. The minimum Gasteiger partial charge on any atom is -0.460 e. The number of carbonyl (C=O) groups is 2. The third kappa shape index (κ3) is 3.89. The van der Waals surface area contributed by atoms with Gasteiger partial charge in [-0.3, -0.25) is 14.4 Å². The number of carbonyl (C=O) groups excluding carboxylic acids is 2. The summed E-state index contributed by atoms with van der Waals surface area (Å²) in [5.74, 6) is 0.129. The summed E-state index contributed by atoms with van der Waals surface area (Å²) in [6.07, 6.45) is 1.18. The first-order valence-electron chi connectivity index (χ1n) is 7.63. The zero-order chi connectivity index (χ0) is 18.7. The average Bonchev–Trinajstić information content (AvgIpc) is 2.58. The molecule has 0 saturated carbocycles. The van der Waals surface area contributed by atoms with Gasteiger partial charge in [-0.25, -0.2) is 0 Å². The molecule has 1 heterocycles.